The van der Waals surface area contributed by atoms with Crippen LogP contribution in [-0.4, -0.2) is 45.5 Å². The maximum absolute atomic E-state index is 6.54. The number of ether oxygens (including phenoxy) is 2. The van der Waals surface area contributed by atoms with E-state index in [1.54, 1.807) is 6.33 Å². The van der Waals surface area contributed by atoms with E-state index in [1.807, 2.05) is 19.9 Å². The third-order valence-corrected chi connectivity index (χ3v) is 8.58. The lowest BCUT2D eigenvalue weighted by molar-refractivity contribution is -0.165. The van der Waals surface area contributed by atoms with Crippen LogP contribution < -0.4 is 16.4 Å². The van der Waals surface area contributed by atoms with Crippen LogP contribution in [0.3, 0.4) is 0 Å². The van der Waals surface area contributed by atoms with Crippen LogP contribution in [0.4, 0.5) is 17.5 Å². The van der Waals surface area contributed by atoms with Crippen LogP contribution in [0.1, 0.15) is 44.7 Å². The van der Waals surface area contributed by atoms with Crippen LogP contribution in [0.2, 0.25) is 0 Å². The second kappa shape index (κ2) is 8.01. The van der Waals surface area contributed by atoms with Crippen molar-refractivity contribution in [2.45, 2.75) is 70.5 Å². The van der Waals surface area contributed by atoms with Crippen molar-refractivity contribution < 1.29 is 9.47 Å². The number of nitrogen functional groups attached to an aromatic ring is 2. The minimum absolute atomic E-state index is 0.0101. The molecule has 4 atom stereocenters. The molecule has 2 aromatic heterocycles. The minimum atomic E-state index is -0.611. The van der Waals surface area contributed by atoms with Gasteiger partial charge in [-0.05, 0) is 78.6 Å². The lowest BCUT2D eigenvalue weighted by Crippen LogP contribution is -2.43. The zero-order chi connectivity index (χ0) is 24.5. The van der Waals surface area contributed by atoms with E-state index in [1.165, 1.54) is 5.56 Å². The zero-order valence-corrected chi connectivity index (χ0v) is 21.9. The van der Waals surface area contributed by atoms with Gasteiger partial charge in [-0.2, -0.15) is 0 Å². The van der Waals surface area contributed by atoms with Gasteiger partial charge >= 0.3 is 0 Å². The molecule has 1 saturated carbocycles. The standard InChI is InChI=1S/C26H31BrN6O2/c1-25(2)34-20-19(33-9-7-16-22(28)30-13-31-24(16)33)12-26(3,21(20)35-25)8-6-14-4-5-15-11-17(27)23(29)32-18(15)10-14/h4-5,10-11,13,19-21H,6-9,12H2,1-3H3,(H2,29,32)(H2,28,30,31)/t19-,20+,21+,26+/m1/s1. The summed E-state index contributed by atoms with van der Waals surface area (Å²) in [4.78, 5) is 15.7. The van der Waals surface area contributed by atoms with Gasteiger partial charge in [-0.15, -0.1) is 0 Å². The summed E-state index contributed by atoms with van der Waals surface area (Å²) in [6.07, 6.45) is 5.29. The highest BCUT2D eigenvalue weighted by Gasteiger charge is 2.60. The normalized spacial score (nSPS) is 29.0. The van der Waals surface area contributed by atoms with Crippen LogP contribution in [-0.2, 0) is 22.3 Å². The number of rotatable bonds is 4. The Morgan fingerprint density at radius 3 is 2.77 bits per heavy atom. The predicted molar refractivity (Wildman–Crippen MR) is 140 cm³/mol. The number of pyridine rings is 1. The number of fused-ring (bicyclic) bond motifs is 3. The molecule has 0 unspecified atom stereocenters. The first-order chi connectivity index (χ1) is 16.6. The van der Waals surface area contributed by atoms with Crippen molar-refractivity contribution in [2.24, 2.45) is 5.41 Å². The number of aromatic nitrogens is 3. The Hall–Kier alpha value is -2.49. The number of hydrogen-bond donors (Lipinski definition) is 2. The molecule has 4 N–H and O–H groups in total. The van der Waals surface area contributed by atoms with Crippen molar-refractivity contribution in [3.05, 3.63) is 46.2 Å². The molecule has 35 heavy (non-hydrogen) atoms. The molecule has 184 valence electrons. The number of halogens is 1. The fourth-order valence-corrected chi connectivity index (χ4v) is 6.54. The van der Waals surface area contributed by atoms with Gasteiger partial charge in [-0.25, -0.2) is 15.0 Å². The van der Waals surface area contributed by atoms with Gasteiger partial charge in [-0.3, -0.25) is 0 Å². The Bertz CT molecular complexity index is 1320. The summed E-state index contributed by atoms with van der Waals surface area (Å²) in [7, 11) is 0. The second-order valence-corrected chi connectivity index (χ2v) is 11.7. The molecule has 9 heteroatoms. The molecule has 0 radical (unpaired) electrons. The molecule has 2 fully saturated rings. The summed E-state index contributed by atoms with van der Waals surface area (Å²) >= 11 is 3.47. The Morgan fingerprint density at radius 2 is 1.94 bits per heavy atom. The van der Waals surface area contributed by atoms with Gasteiger partial charge in [-0.1, -0.05) is 19.1 Å². The Balaban J connectivity index is 1.27. The van der Waals surface area contributed by atoms with Crippen LogP contribution in [0.5, 0.6) is 0 Å². The molecule has 6 rings (SSSR count). The van der Waals surface area contributed by atoms with Crippen molar-refractivity contribution >= 4 is 44.3 Å². The molecule has 0 spiro atoms. The average Bonchev–Trinajstić information content (AvgIpc) is 3.45. The largest absolute Gasteiger partial charge is 0.383 e. The highest BCUT2D eigenvalue weighted by molar-refractivity contribution is 9.10. The molecule has 0 bridgehead atoms. The van der Waals surface area contributed by atoms with Crippen molar-refractivity contribution in [3.8, 4) is 0 Å². The number of benzene rings is 1. The summed E-state index contributed by atoms with van der Waals surface area (Å²) in [6.45, 7) is 7.24. The van der Waals surface area contributed by atoms with E-state index >= 15 is 0 Å². The summed E-state index contributed by atoms with van der Waals surface area (Å²) < 4.78 is 13.9. The van der Waals surface area contributed by atoms with Crippen LogP contribution in [0.15, 0.2) is 35.1 Å². The maximum Gasteiger partial charge on any atom is 0.163 e. The number of nitrogens with zero attached hydrogens (tertiary/aromatic N) is 4. The van der Waals surface area contributed by atoms with Gasteiger partial charge in [0.1, 0.15) is 29.9 Å². The summed E-state index contributed by atoms with van der Waals surface area (Å²) in [5.41, 5.74) is 15.3. The van der Waals surface area contributed by atoms with Gasteiger partial charge in [0.25, 0.3) is 0 Å². The summed E-state index contributed by atoms with van der Waals surface area (Å²) in [5.74, 6) is 1.43. The predicted octanol–water partition coefficient (Wildman–Crippen LogP) is 4.25. The molecule has 8 nitrogen and oxygen atoms in total. The van der Waals surface area contributed by atoms with E-state index < -0.39 is 5.79 Å². The molecule has 3 aromatic rings. The fraction of sp³-hybridized carbons (Fsp3) is 0.500. The molecule has 2 aliphatic heterocycles. The van der Waals surface area contributed by atoms with E-state index in [-0.39, 0.29) is 23.7 Å². The van der Waals surface area contributed by atoms with Crippen molar-refractivity contribution in [1.29, 1.82) is 0 Å². The SMILES string of the molecule is CC1(C)O[C@H]2[C@H](N3CCc4c(N)ncnc43)C[C@](C)(CCc3ccc4cc(Br)c(N)nc4c3)[C@H]2O1. The average molecular weight is 539 g/mol. The first-order valence-corrected chi connectivity index (χ1v) is 13.0. The summed E-state index contributed by atoms with van der Waals surface area (Å²) in [6, 6.07) is 8.65. The van der Waals surface area contributed by atoms with E-state index in [4.69, 9.17) is 20.9 Å². The van der Waals surface area contributed by atoms with Gasteiger partial charge in [0.2, 0.25) is 0 Å². The number of hydrogen-bond acceptors (Lipinski definition) is 8. The first kappa shape index (κ1) is 22.9. The lowest BCUT2D eigenvalue weighted by atomic mass is 9.80. The van der Waals surface area contributed by atoms with E-state index in [9.17, 15) is 0 Å². The van der Waals surface area contributed by atoms with Gasteiger partial charge in [0.05, 0.1) is 22.1 Å². The number of nitrogens with two attached hydrogens (primary N) is 2. The number of aryl methyl sites for hydroxylation is 1. The third kappa shape index (κ3) is 3.84. The molecule has 3 aliphatic rings. The Morgan fingerprint density at radius 1 is 1.11 bits per heavy atom. The first-order valence-electron chi connectivity index (χ1n) is 12.2. The van der Waals surface area contributed by atoms with Crippen LogP contribution in [0.25, 0.3) is 10.9 Å². The van der Waals surface area contributed by atoms with E-state index in [0.717, 1.165) is 59.0 Å². The third-order valence-electron chi connectivity index (χ3n) is 7.95. The second-order valence-electron chi connectivity index (χ2n) is 10.8. The molecule has 1 aromatic carbocycles. The Labute approximate surface area is 213 Å². The van der Waals surface area contributed by atoms with Gasteiger partial charge in [0, 0.05) is 17.5 Å². The topological polar surface area (TPSA) is 112 Å². The highest BCUT2D eigenvalue weighted by atomic mass is 79.9. The zero-order valence-electron chi connectivity index (χ0n) is 20.3. The molecular weight excluding hydrogens is 508 g/mol. The minimum Gasteiger partial charge on any atom is -0.383 e. The summed E-state index contributed by atoms with van der Waals surface area (Å²) in [5, 5.41) is 1.07. The lowest BCUT2D eigenvalue weighted by Gasteiger charge is -2.34. The van der Waals surface area contributed by atoms with Crippen LogP contribution in [0, 0.1) is 5.41 Å². The van der Waals surface area contributed by atoms with Crippen LogP contribution >= 0.6 is 15.9 Å². The maximum atomic E-state index is 6.54. The molecule has 4 heterocycles. The van der Waals surface area contributed by atoms with Gasteiger partial charge in [0.15, 0.2) is 5.79 Å². The quantitative estimate of drug-likeness (QED) is 0.506. The van der Waals surface area contributed by atoms with E-state index in [0.29, 0.717) is 11.6 Å². The fourth-order valence-electron chi connectivity index (χ4n) is 6.20. The smallest absolute Gasteiger partial charge is 0.163 e. The van der Waals surface area contributed by atoms with Crippen molar-refractivity contribution in [3.63, 3.8) is 0 Å². The monoisotopic (exact) mass is 538 g/mol. The molecular formula is C26H31BrN6O2. The number of anilines is 3. The van der Waals surface area contributed by atoms with Crippen molar-refractivity contribution in [1.82, 2.24) is 15.0 Å². The molecule has 1 aliphatic carbocycles. The van der Waals surface area contributed by atoms with Crippen molar-refractivity contribution in [2.75, 3.05) is 22.9 Å². The highest BCUT2D eigenvalue weighted by Crippen LogP contribution is 2.53. The Kier molecular flexibility index (Phi) is 5.25. The molecule has 1 saturated heterocycles. The van der Waals surface area contributed by atoms with Gasteiger partial charge < -0.3 is 25.8 Å². The van der Waals surface area contributed by atoms with E-state index in [2.05, 4.69) is 60.9 Å². The molecule has 0 amide bonds.